The van der Waals surface area contributed by atoms with Gasteiger partial charge in [-0.2, -0.15) is 0 Å². The van der Waals surface area contributed by atoms with Crippen molar-refractivity contribution in [2.75, 3.05) is 13.7 Å². The number of benzene rings is 1. The number of allylic oxidation sites excluding steroid dienone is 2. The first kappa shape index (κ1) is 21.0. The number of nitrogens with one attached hydrogen (secondary N) is 1. The van der Waals surface area contributed by atoms with Crippen molar-refractivity contribution in [1.29, 1.82) is 0 Å². The van der Waals surface area contributed by atoms with Gasteiger partial charge in [-0.3, -0.25) is 4.79 Å². The summed E-state index contributed by atoms with van der Waals surface area (Å²) in [4.78, 5) is 36.4. The van der Waals surface area contributed by atoms with Crippen LogP contribution in [0.2, 0.25) is 10.0 Å². The summed E-state index contributed by atoms with van der Waals surface area (Å²) in [5, 5.41) is 3.49. The lowest BCUT2D eigenvalue weighted by Crippen LogP contribution is -2.32. The van der Waals surface area contributed by atoms with Gasteiger partial charge in [0.2, 0.25) is 0 Å². The molecule has 0 aromatic heterocycles. The van der Waals surface area contributed by atoms with E-state index in [1.807, 2.05) is 0 Å². The normalized spacial score (nSPS) is 16.7. The van der Waals surface area contributed by atoms with E-state index in [0.717, 1.165) is 0 Å². The molecule has 0 saturated carbocycles. The molecule has 8 heteroatoms. The average molecular weight is 412 g/mol. The number of methoxy groups -OCH3 is 1. The number of esters is 2. The first-order valence-electron chi connectivity index (χ1n) is 8.06. The smallest absolute Gasteiger partial charge is 0.337 e. The van der Waals surface area contributed by atoms with E-state index in [4.69, 9.17) is 32.7 Å². The van der Waals surface area contributed by atoms with Gasteiger partial charge in [-0.25, -0.2) is 9.59 Å². The molecule has 1 atom stereocenters. The Balaban J connectivity index is 2.67. The van der Waals surface area contributed by atoms with Crippen LogP contribution in [0.15, 0.2) is 40.7 Å². The quantitative estimate of drug-likeness (QED) is 0.746. The zero-order chi connectivity index (χ0) is 20.3. The lowest BCUT2D eigenvalue weighted by molar-refractivity contribution is -0.144. The molecule has 0 bridgehead atoms. The van der Waals surface area contributed by atoms with Gasteiger partial charge in [0.05, 0.1) is 34.2 Å². The molecule has 144 valence electrons. The zero-order valence-corrected chi connectivity index (χ0v) is 16.8. The fraction of sp³-hybridized carbons (Fsp3) is 0.316. The first-order valence-corrected chi connectivity index (χ1v) is 8.82. The molecule has 1 aliphatic rings. The van der Waals surface area contributed by atoms with Crippen LogP contribution in [0.3, 0.4) is 0 Å². The summed E-state index contributed by atoms with van der Waals surface area (Å²) in [5.74, 6) is -2.51. The van der Waals surface area contributed by atoms with Gasteiger partial charge in [0, 0.05) is 11.4 Å². The molecule has 27 heavy (non-hydrogen) atoms. The second-order valence-corrected chi connectivity index (χ2v) is 6.83. The van der Waals surface area contributed by atoms with E-state index in [1.54, 1.807) is 32.0 Å². The Hall–Kier alpha value is -2.31. The van der Waals surface area contributed by atoms with Gasteiger partial charge >= 0.3 is 11.9 Å². The second-order valence-electron chi connectivity index (χ2n) is 6.05. The summed E-state index contributed by atoms with van der Waals surface area (Å²) in [6, 6.07) is 4.95. The molecule has 0 amide bonds. The minimum absolute atomic E-state index is 0.159. The highest BCUT2D eigenvalue weighted by atomic mass is 35.5. The topological polar surface area (TPSA) is 81.7 Å². The van der Waals surface area contributed by atoms with E-state index >= 15 is 0 Å². The van der Waals surface area contributed by atoms with Gasteiger partial charge in [-0.15, -0.1) is 0 Å². The minimum atomic E-state index is -0.857. The van der Waals surface area contributed by atoms with Gasteiger partial charge in [-0.05, 0) is 32.4 Å². The SMILES string of the molecule is COC(=O)C1=C(C)NC(C)=C(C(=O)OCC(C)=O)C1c1cccc(Cl)c1Cl. The van der Waals surface area contributed by atoms with Crippen molar-refractivity contribution in [3.63, 3.8) is 0 Å². The highest BCUT2D eigenvalue weighted by molar-refractivity contribution is 6.42. The minimum Gasteiger partial charge on any atom is -0.466 e. The number of ketones is 1. The molecule has 1 heterocycles. The Kier molecular flexibility index (Phi) is 6.68. The molecular formula is C19H19Cl2NO5. The Labute approximate surface area is 167 Å². The first-order chi connectivity index (χ1) is 12.7. The van der Waals surface area contributed by atoms with Crippen molar-refractivity contribution in [3.8, 4) is 0 Å². The molecule has 0 radical (unpaired) electrons. The number of ether oxygens (including phenoxy) is 2. The zero-order valence-electron chi connectivity index (χ0n) is 15.3. The van der Waals surface area contributed by atoms with Gasteiger partial charge in [0.1, 0.15) is 6.61 Å². The molecule has 6 nitrogen and oxygen atoms in total. The number of hydrogen-bond acceptors (Lipinski definition) is 6. The fourth-order valence-electron chi connectivity index (χ4n) is 2.94. The maximum atomic E-state index is 12.7. The molecule has 2 rings (SSSR count). The van der Waals surface area contributed by atoms with Crippen molar-refractivity contribution >= 4 is 40.9 Å². The summed E-state index contributed by atoms with van der Waals surface area (Å²) in [7, 11) is 1.25. The Bertz CT molecular complexity index is 873. The van der Waals surface area contributed by atoms with Gasteiger partial charge in [-0.1, -0.05) is 35.3 Å². The van der Waals surface area contributed by atoms with Crippen molar-refractivity contribution in [1.82, 2.24) is 5.32 Å². The van der Waals surface area contributed by atoms with Crippen molar-refractivity contribution in [3.05, 3.63) is 56.3 Å². The van der Waals surface area contributed by atoms with E-state index in [0.29, 0.717) is 17.0 Å². The van der Waals surface area contributed by atoms with Crippen molar-refractivity contribution in [2.45, 2.75) is 26.7 Å². The number of carbonyl (C=O) groups excluding carboxylic acids is 3. The van der Waals surface area contributed by atoms with Gasteiger partial charge in [0.15, 0.2) is 5.78 Å². The van der Waals surface area contributed by atoms with Crippen LogP contribution in [-0.4, -0.2) is 31.4 Å². The van der Waals surface area contributed by atoms with Crippen LogP contribution in [0.1, 0.15) is 32.3 Å². The standard InChI is InChI=1S/C19H19Cl2NO5/c1-9(23)8-27-19(25)15-11(3)22-10(2)14(18(24)26-4)16(15)12-6-5-7-13(20)17(12)21/h5-7,16,22H,8H2,1-4H3. The van der Waals surface area contributed by atoms with E-state index in [1.165, 1.54) is 14.0 Å². The maximum Gasteiger partial charge on any atom is 0.337 e. The highest BCUT2D eigenvalue weighted by Gasteiger charge is 2.39. The lowest BCUT2D eigenvalue weighted by Gasteiger charge is -2.30. The Morgan fingerprint density at radius 1 is 1.07 bits per heavy atom. The number of halogens is 2. The van der Waals surface area contributed by atoms with E-state index in [9.17, 15) is 14.4 Å². The van der Waals surface area contributed by atoms with Crippen LogP contribution in [0.25, 0.3) is 0 Å². The number of carbonyl (C=O) groups is 3. The van der Waals surface area contributed by atoms with Crippen LogP contribution in [0.4, 0.5) is 0 Å². The van der Waals surface area contributed by atoms with Crippen LogP contribution in [0.5, 0.6) is 0 Å². The number of Topliss-reactive ketones (excluding diaryl/α,β-unsaturated/α-hetero) is 1. The van der Waals surface area contributed by atoms with Crippen molar-refractivity contribution < 1.29 is 23.9 Å². The molecule has 0 fully saturated rings. The fourth-order valence-corrected chi connectivity index (χ4v) is 3.36. The van der Waals surface area contributed by atoms with E-state index in [-0.39, 0.29) is 33.6 Å². The van der Waals surface area contributed by atoms with Crippen LogP contribution >= 0.6 is 23.2 Å². The summed E-state index contributed by atoms with van der Waals surface area (Å²) in [6.45, 7) is 4.30. The Morgan fingerprint density at radius 3 is 2.22 bits per heavy atom. The predicted molar refractivity (Wildman–Crippen MR) is 101 cm³/mol. The Morgan fingerprint density at radius 2 is 1.67 bits per heavy atom. The maximum absolute atomic E-state index is 12.7. The molecule has 1 N–H and O–H groups in total. The third-order valence-corrected chi connectivity index (χ3v) is 4.92. The molecular weight excluding hydrogens is 393 g/mol. The monoisotopic (exact) mass is 411 g/mol. The number of rotatable bonds is 5. The number of dihydropyridines is 1. The third kappa shape index (κ3) is 4.34. The summed E-state index contributed by atoms with van der Waals surface area (Å²) in [5.41, 5.74) is 1.83. The number of hydrogen-bond donors (Lipinski definition) is 1. The third-order valence-electron chi connectivity index (χ3n) is 4.08. The molecule has 1 aliphatic heterocycles. The largest absolute Gasteiger partial charge is 0.466 e. The van der Waals surface area contributed by atoms with Crippen LogP contribution in [-0.2, 0) is 23.9 Å². The molecule has 1 aromatic rings. The molecule has 0 saturated heterocycles. The summed E-state index contributed by atoms with van der Waals surface area (Å²) < 4.78 is 10.00. The molecule has 0 aliphatic carbocycles. The van der Waals surface area contributed by atoms with Crippen LogP contribution in [0, 0.1) is 0 Å². The van der Waals surface area contributed by atoms with Gasteiger partial charge in [0.25, 0.3) is 0 Å². The second kappa shape index (κ2) is 8.59. The lowest BCUT2D eigenvalue weighted by atomic mass is 9.80. The van der Waals surface area contributed by atoms with Crippen molar-refractivity contribution in [2.24, 2.45) is 0 Å². The highest BCUT2D eigenvalue weighted by Crippen LogP contribution is 2.43. The predicted octanol–water partition coefficient (Wildman–Crippen LogP) is 3.53. The van der Waals surface area contributed by atoms with Crippen LogP contribution < -0.4 is 5.32 Å². The van der Waals surface area contributed by atoms with E-state index in [2.05, 4.69) is 5.32 Å². The molecule has 0 spiro atoms. The average Bonchev–Trinajstić information content (AvgIpc) is 2.60. The van der Waals surface area contributed by atoms with Gasteiger partial charge < -0.3 is 14.8 Å². The summed E-state index contributed by atoms with van der Waals surface area (Å²) >= 11 is 12.5. The molecule has 1 aromatic carbocycles. The van der Waals surface area contributed by atoms with E-state index < -0.39 is 17.9 Å². The summed E-state index contributed by atoms with van der Waals surface area (Å²) in [6.07, 6.45) is 0. The molecule has 1 unspecified atom stereocenters.